The summed E-state index contributed by atoms with van der Waals surface area (Å²) in [6.45, 7) is 6.70. The number of carbonyl (C=O) groups excluding carboxylic acids is 1. The molecule has 118 valence electrons. The Morgan fingerprint density at radius 2 is 1.95 bits per heavy atom. The molecule has 0 aliphatic carbocycles. The Labute approximate surface area is 127 Å². The summed E-state index contributed by atoms with van der Waals surface area (Å²) in [5.41, 5.74) is 1.92. The molecule has 0 aromatic heterocycles. The van der Waals surface area contributed by atoms with Gasteiger partial charge in [-0.05, 0) is 52.6 Å². The first-order valence-electron chi connectivity index (χ1n) is 7.29. The zero-order chi connectivity index (χ0) is 16.0. The van der Waals surface area contributed by atoms with E-state index < -0.39 is 6.10 Å². The minimum atomic E-state index is -0.543. The quantitative estimate of drug-likeness (QED) is 0.846. The normalized spacial score (nSPS) is 12.6. The van der Waals surface area contributed by atoms with Crippen LogP contribution < -0.4 is 5.32 Å². The lowest BCUT2D eigenvalue weighted by atomic mass is 10.2. The van der Waals surface area contributed by atoms with Gasteiger partial charge in [0.15, 0.2) is 0 Å². The molecular weight excluding hydrogens is 266 g/mol. The lowest BCUT2D eigenvalue weighted by Gasteiger charge is -2.28. The van der Waals surface area contributed by atoms with Gasteiger partial charge in [0.05, 0.1) is 6.10 Å². The number of urea groups is 1. The first-order chi connectivity index (χ1) is 9.79. The Bertz CT molecular complexity index is 459. The SMILES string of the molecule is CC(O)CN(C(=O)Nc1cccc(CN(C)C)c1)C(C)C. The van der Waals surface area contributed by atoms with E-state index in [1.807, 2.05) is 52.2 Å². The molecule has 0 spiro atoms. The van der Waals surface area contributed by atoms with Crippen molar-refractivity contribution in [2.45, 2.75) is 39.5 Å². The van der Waals surface area contributed by atoms with E-state index in [4.69, 9.17) is 0 Å². The van der Waals surface area contributed by atoms with Gasteiger partial charge in [-0.2, -0.15) is 0 Å². The zero-order valence-electron chi connectivity index (χ0n) is 13.6. The van der Waals surface area contributed by atoms with Crippen LogP contribution in [0.5, 0.6) is 0 Å². The number of anilines is 1. The van der Waals surface area contributed by atoms with E-state index in [-0.39, 0.29) is 12.1 Å². The lowest BCUT2D eigenvalue weighted by Crippen LogP contribution is -2.43. The fourth-order valence-electron chi connectivity index (χ4n) is 2.12. The lowest BCUT2D eigenvalue weighted by molar-refractivity contribution is 0.125. The Morgan fingerprint density at radius 3 is 2.48 bits per heavy atom. The van der Waals surface area contributed by atoms with Gasteiger partial charge in [0.1, 0.15) is 0 Å². The summed E-state index contributed by atoms with van der Waals surface area (Å²) in [5.74, 6) is 0. The van der Waals surface area contributed by atoms with Gasteiger partial charge in [-0.25, -0.2) is 4.79 Å². The molecular formula is C16H27N3O2. The summed E-state index contributed by atoms with van der Waals surface area (Å²) in [5, 5.41) is 12.4. The highest BCUT2D eigenvalue weighted by molar-refractivity contribution is 5.89. The van der Waals surface area contributed by atoms with Crippen molar-refractivity contribution in [1.82, 2.24) is 9.80 Å². The highest BCUT2D eigenvalue weighted by Crippen LogP contribution is 2.13. The molecule has 0 bridgehead atoms. The molecule has 0 radical (unpaired) electrons. The van der Waals surface area contributed by atoms with E-state index >= 15 is 0 Å². The van der Waals surface area contributed by atoms with Gasteiger partial charge >= 0.3 is 6.03 Å². The van der Waals surface area contributed by atoms with Crippen molar-refractivity contribution in [3.8, 4) is 0 Å². The average molecular weight is 293 g/mol. The summed E-state index contributed by atoms with van der Waals surface area (Å²) in [6.07, 6.45) is -0.543. The van der Waals surface area contributed by atoms with E-state index in [0.29, 0.717) is 6.54 Å². The van der Waals surface area contributed by atoms with Crippen molar-refractivity contribution in [2.75, 3.05) is 26.0 Å². The van der Waals surface area contributed by atoms with E-state index in [9.17, 15) is 9.90 Å². The molecule has 0 saturated carbocycles. The number of nitrogens with zero attached hydrogens (tertiary/aromatic N) is 2. The number of rotatable bonds is 6. The Morgan fingerprint density at radius 1 is 1.29 bits per heavy atom. The molecule has 0 aliphatic heterocycles. The minimum Gasteiger partial charge on any atom is -0.392 e. The standard InChI is InChI=1S/C16H27N3O2/c1-12(2)19(10-13(3)20)16(21)17-15-8-6-7-14(9-15)11-18(4)5/h6-9,12-13,20H,10-11H2,1-5H3,(H,17,21). The van der Waals surface area contributed by atoms with Crippen LogP contribution in [0.4, 0.5) is 10.5 Å². The molecule has 2 N–H and O–H groups in total. The molecule has 1 atom stereocenters. The van der Waals surface area contributed by atoms with Crippen LogP contribution in [0.3, 0.4) is 0 Å². The average Bonchev–Trinajstić information content (AvgIpc) is 2.34. The number of amides is 2. The third kappa shape index (κ3) is 6.14. The third-order valence-corrected chi connectivity index (χ3v) is 3.02. The predicted octanol–water partition coefficient (Wildman–Crippen LogP) is 2.37. The Balaban J connectivity index is 2.76. The monoisotopic (exact) mass is 293 g/mol. The van der Waals surface area contributed by atoms with Crippen molar-refractivity contribution in [1.29, 1.82) is 0 Å². The highest BCUT2D eigenvalue weighted by Gasteiger charge is 2.18. The summed E-state index contributed by atoms with van der Waals surface area (Å²) in [6, 6.07) is 7.66. The molecule has 0 fully saturated rings. The van der Waals surface area contributed by atoms with Gasteiger partial charge in [0.25, 0.3) is 0 Å². The Kier molecular flexibility index (Phi) is 6.65. The minimum absolute atomic E-state index is 0.0320. The maximum absolute atomic E-state index is 12.3. The second-order valence-corrected chi connectivity index (χ2v) is 5.96. The van der Waals surface area contributed by atoms with Crippen LogP contribution in [-0.4, -0.2) is 53.7 Å². The number of aliphatic hydroxyl groups excluding tert-OH is 1. The van der Waals surface area contributed by atoms with Crippen LogP contribution in [0, 0.1) is 0 Å². The predicted molar refractivity (Wildman–Crippen MR) is 86.4 cm³/mol. The largest absolute Gasteiger partial charge is 0.392 e. The van der Waals surface area contributed by atoms with Gasteiger partial charge in [0.2, 0.25) is 0 Å². The second-order valence-electron chi connectivity index (χ2n) is 5.96. The van der Waals surface area contributed by atoms with E-state index in [1.165, 1.54) is 0 Å². The van der Waals surface area contributed by atoms with Gasteiger partial charge in [-0.3, -0.25) is 0 Å². The number of benzene rings is 1. The van der Waals surface area contributed by atoms with Crippen LogP contribution >= 0.6 is 0 Å². The summed E-state index contributed by atoms with van der Waals surface area (Å²) in [7, 11) is 4.02. The number of hydrogen-bond donors (Lipinski definition) is 2. The number of aliphatic hydroxyl groups is 1. The highest BCUT2D eigenvalue weighted by atomic mass is 16.3. The van der Waals surface area contributed by atoms with Gasteiger partial charge in [-0.1, -0.05) is 12.1 Å². The molecule has 0 aliphatic rings. The molecule has 21 heavy (non-hydrogen) atoms. The van der Waals surface area contributed by atoms with Crippen molar-refractivity contribution in [3.05, 3.63) is 29.8 Å². The third-order valence-electron chi connectivity index (χ3n) is 3.02. The fraction of sp³-hybridized carbons (Fsp3) is 0.562. The second kappa shape index (κ2) is 8.00. The maximum atomic E-state index is 12.3. The van der Waals surface area contributed by atoms with Crippen molar-refractivity contribution in [3.63, 3.8) is 0 Å². The van der Waals surface area contributed by atoms with Gasteiger partial charge in [0, 0.05) is 24.8 Å². The molecule has 1 rings (SSSR count). The number of hydrogen-bond acceptors (Lipinski definition) is 3. The van der Waals surface area contributed by atoms with E-state index in [2.05, 4.69) is 10.2 Å². The van der Waals surface area contributed by atoms with E-state index in [0.717, 1.165) is 17.8 Å². The van der Waals surface area contributed by atoms with Crippen LogP contribution in [0.2, 0.25) is 0 Å². The number of nitrogens with one attached hydrogen (secondary N) is 1. The Hall–Kier alpha value is -1.59. The van der Waals surface area contributed by atoms with Gasteiger partial charge in [-0.15, -0.1) is 0 Å². The smallest absolute Gasteiger partial charge is 0.322 e. The molecule has 1 aromatic rings. The summed E-state index contributed by atoms with van der Waals surface area (Å²) < 4.78 is 0. The molecule has 2 amide bonds. The fourth-order valence-corrected chi connectivity index (χ4v) is 2.12. The van der Waals surface area contributed by atoms with Crippen molar-refractivity contribution >= 4 is 11.7 Å². The first-order valence-corrected chi connectivity index (χ1v) is 7.29. The molecule has 5 nitrogen and oxygen atoms in total. The van der Waals surface area contributed by atoms with Crippen LogP contribution in [-0.2, 0) is 6.54 Å². The molecule has 0 saturated heterocycles. The van der Waals surface area contributed by atoms with Gasteiger partial charge < -0.3 is 20.2 Å². The maximum Gasteiger partial charge on any atom is 0.322 e. The molecule has 0 heterocycles. The van der Waals surface area contributed by atoms with Crippen LogP contribution in [0.1, 0.15) is 26.3 Å². The van der Waals surface area contributed by atoms with Crippen molar-refractivity contribution in [2.24, 2.45) is 0 Å². The number of carbonyl (C=O) groups is 1. The first kappa shape index (κ1) is 17.5. The zero-order valence-corrected chi connectivity index (χ0v) is 13.6. The molecule has 5 heteroatoms. The van der Waals surface area contributed by atoms with Crippen LogP contribution in [0.25, 0.3) is 0 Å². The molecule has 1 unspecified atom stereocenters. The van der Waals surface area contributed by atoms with Crippen LogP contribution in [0.15, 0.2) is 24.3 Å². The van der Waals surface area contributed by atoms with E-state index in [1.54, 1.807) is 11.8 Å². The summed E-state index contributed by atoms with van der Waals surface area (Å²) >= 11 is 0. The summed E-state index contributed by atoms with van der Waals surface area (Å²) in [4.78, 5) is 16.0. The topological polar surface area (TPSA) is 55.8 Å². The van der Waals surface area contributed by atoms with Crippen molar-refractivity contribution < 1.29 is 9.90 Å². The molecule has 1 aromatic carbocycles.